The third-order valence-corrected chi connectivity index (χ3v) is 2.62. The zero-order chi connectivity index (χ0) is 9.80. The lowest BCUT2D eigenvalue weighted by Crippen LogP contribution is -1.81. The van der Waals surface area contributed by atoms with Gasteiger partial charge in [-0.25, -0.2) is 15.0 Å². The van der Waals surface area contributed by atoms with Gasteiger partial charge in [-0.15, -0.1) is 0 Å². The van der Waals surface area contributed by atoms with Crippen LogP contribution in [-0.4, -0.2) is 15.0 Å². The summed E-state index contributed by atoms with van der Waals surface area (Å²) in [6.07, 6.45) is 4.90. The third kappa shape index (κ3) is 2.43. The van der Waals surface area contributed by atoms with Crippen molar-refractivity contribution in [2.75, 3.05) is 0 Å². The number of halogens is 1. The summed E-state index contributed by atoms with van der Waals surface area (Å²) in [5.41, 5.74) is 0. The van der Waals surface area contributed by atoms with E-state index in [1.807, 2.05) is 12.1 Å². The van der Waals surface area contributed by atoms with E-state index in [1.165, 1.54) is 18.1 Å². The Morgan fingerprint density at radius 1 is 1.14 bits per heavy atom. The molecule has 2 aromatic heterocycles. The second kappa shape index (κ2) is 4.39. The molecule has 0 aliphatic heterocycles. The lowest BCUT2D eigenvalue weighted by molar-refractivity contribution is 1.05. The Balaban J connectivity index is 2.19. The molecule has 0 fully saturated rings. The Morgan fingerprint density at radius 2 is 2.07 bits per heavy atom. The van der Waals surface area contributed by atoms with E-state index in [0.717, 1.165) is 9.92 Å². The average Bonchev–Trinajstić information content (AvgIpc) is 2.19. The first kappa shape index (κ1) is 9.43. The Kier molecular flexibility index (Phi) is 2.96. The molecule has 0 N–H and O–H groups in total. The van der Waals surface area contributed by atoms with E-state index in [-0.39, 0.29) is 0 Å². The van der Waals surface area contributed by atoms with Crippen molar-refractivity contribution in [1.29, 1.82) is 0 Å². The van der Waals surface area contributed by atoms with Crippen LogP contribution in [0.4, 0.5) is 0 Å². The van der Waals surface area contributed by atoms with Gasteiger partial charge in [0.25, 0.3) is 0 Å². The van der Waals surface area contributed by atoms with Crippen LogP contribution in [0.5, 0.6) is 0 Å². The van der Waals surface area contributed by atoms with Crippen molar-refractivity contribution in [1.82, 2.24) is 15.0 Å². The van der Waals surface area contributed by atoms with Crippen molar-refractivity contribution in [3.8, 4) is 0 Å². The standard InChI is InChI=1S/C9H6ClN3S/c10-8-5-7(1-4-12-8)14-9-2-3-11-6-13-9/h1-6H. The van der Waals surface area contributed by atoms with Crippen molar-refractivity contribution in [2.24, 2.45) is 0 Å². The first-order chi connectivity index (χ1) is 6.84. The topological polar surface area (TPSA) is 38.7 Å². The molecule has 0 aliphatic rings. The highest BCUT2D eigenvalue weighted by Gasteiger charge is 1.98. The molecule has 0 spiro atoms. The lowest BCUT2D eigenvalue weighted by Gasteiger charge is -1.99. The van der Waals surface area contributed by atoms with E-state index in [4.69, 9.17) is 11.6 Å². The third-order valence-electron chi connectivity index (χ3n) is 1.48. The summed E-state index contributed by atoms with van der Waals surface area (Å²) >= 11 is 7.28. The molecule has 5 heteroatoms. The van der Waals surface area contributed by atoms with Gasteiger partial charge in [0.1, 0.15) is 16.5 Å². The molecule has 2 heterocycles. The zero-order valence-electron chi connectivity index (χ0n) is 7.09. The first-order valence-corrected chi connectivity index (χ1v) is 5.09. The van der Waals surface area contributed by atoms with Gasteiger partial charge in [-0.05, 0) is 18.2 Å². The van der Waals surface area contributed by atoms with Gasteiger partial charge in [0, 0.05) is 17.3 Å². The van der Waals surface area contributed by atoms with Crippen LogP contribution < -0.4 is 0 Å². The van der Waals surface area contributed by atoms with Crippen LogP contribution >= 0.6 is 23.4 Å². The molecule has 0 bridgehead atoms. The second-order valence-electron chi connectivity index (χ2n) is 2.46. The fourth-order valence-electron chi connectivity index (χ4n) is 0.908. The highest BCUT2D eigenvalue weighted by atomic mass is 35.5. The van der Waals surface area contributed by atoms with Crippen LogP contribution in [0.3, 0.4) is 0 Å². The smallest absolute Gasteiger partial charge is 0.130 e. The van der Waals surface area contributed by atoms with Crippen molar-refractivity contribution >= 4 is 23.4 Å². The molecule has 0 radical (unpaired) electrons. The van der Waals surface area contributed by atoms with Crippen molar-refractivity contribution in [2.45, 2.75) is 9.92 Å². The van der Waals surface area contributed by atoms with Crippen LogP contribution in [0, 0.1) is 0 Å². The number of nitrogens with zero attached hydrogens (tertiary/aromatic N) is 3. The molecule has 0 saturated heterocycles. The predicted molar refractivity (Wildman–Crippen MR) is 55.4 cm³/mol. The molecule has 0 amide bonds. The zero-order valence-corrected chi connectivity index (χ0v) is 8.66. The molecule has 2 rings (SSSR count). The summed E-state index contributed by atoms with van der Waals surface area (Å²) in [7, 11) is 0. The summed E-state index contributed by atoms with van der Waals surface area (Å²) in [5, 5.41) is 1.38. The van der Waals surface area contributed by atoms with Crippen molar-refractivity contribution in [3.05, 3.63) is 42.1 Å². The highest BCUT2D eigenvalue weighted by Crippen LogP contribution is 2.26. The van der Waals surface area contributed by atoms with E-state index in [0.29, 0.717) is 5.15 Å². The van der Waals surface area contributed by atoms with Gasteiger partial charge < -0.3 is 0 Å². The molecule has 0 aromatic carbocycles. The van der Waals surface area contributed by atoms with Gasteiger partial charge in [0.2, 0.25) is 0 Å². The van der Waals surface area contributed by atoms with Crippen LogP contribution in [0.1, 0.15) is 0 Å². The van der Waals surface area contributed by atoms with E-state index in [1.54, 1.807) is 18.5 Å². The molecular weight excluding hydrogens is 218 g/mol. The monoisotopic (exact) mass is 223 g/mol. The number of hydrogen-bond acceptors (Lipinski definition) is 4. The minimum atomic E-state index is 0.490. The lowest BCUT2D eigenvalue weighted by atomic mass is 10.5. The Hall–Kier alpha value is -1.13. The molecule has 2 aromatic rings. The largest absolute Gasteiger partial charge is 0.245 e. The maximum absolute atomic E-state index is 5.75. The summed E-state index contributed by atoms with van der Waals surface area (Å²) in [4.78, 5) is 12.9. The molecule has 14 heavy (non-hydrogen) atoms. The quantitative estimate of drug-likeness (QED) is 0.580. The maximum atomic E-state index is 5.75. The molecular formula is C9H6ClN3S. The SMILES string of the molecule is Clc1cc(Sc2ccncn2)ccn1. The molecule has 0 atom stereocenters. The Bertz CT molecular complexity index is 421. The minimum absolute atomic E-state index is 0.490. The summed E-state index contributed by atoms with van der Waals surface area (Å²) in [6, 6.07) is 5.53. The van der Waals surface area contributed by atoms with Gasteiger partial charge in [-0.3, -0.25) is 0 Å². The number of hydrogen-bond donors (Lipinski definition) is 0. The normalized spacial score (nSPS) is 10.1. The first-order valence-electron chi connectivity index (χ1n) is 3.90. The van der Waals surface area contributed by atoms with E-state index in [9.17, 15) is 0 Å². The Morgan fingerprint density at radius 3 is 2.79 bits per heavy atom. The van der Waals surface area contributed by atoms with Crippen LogP contribution in [-0.2, 0) is 0 Å². The van der Waals surface area contributed by atoms with Gasteiger partial charge in [-0.1, -0.05) is 23.4 Å². The van der Waals surface area contributed by atoms with Crippen LogP contribution in [0.25, 0.3) is 0 Å². The average molecular weight is 224 g/mol. The van der Waals surface area contributed by atoms with Gasteiger partial charge in [0.05, 0.1) is 0 Å². The second-order valence-corrected chi connectivity index (χ2v) is 3.94. The fourth-order valence-corrected chi connectivity index (χ4v) is 1.92. The van der Waals surface area contributed by atoms with Crippen LogP contribution in [0.15, 0.2) is 46.8 Å². The Labute approximate surface area is 90.6 Å². The number of pyridine rings is 1. The molecule has 0 saturated carbocycles. The summed E-state index contributed by atoms with van der Waals surface area (Å²) < 4.78 is 0. The maximum Gasteiger partial charge on any atom is 0.130 e. The number of aromatic nitrogens is 3. The van der Waals surface area contributed by atoms with Crippen molar-refractivity contribution in [3.63, 3.8) is 0 Å². The highest BCUT2D eigenvalue weighted by molar-refractivity contribution is 7.99. The van der Waals surface area contributed by atoms with E-state index in [2.05, 4.69) is 15.0 Å². The summed E-state index contributed by atoms with van der Waals surface area (Å²) in [5.74, 6) is 0. The number of rotatable bonds is 2. The van der Waals surface area contributed by atoms with E-state index >= 15 is 0 Å². The molecule has 0 unspecified atom stereocenters. The molecule has 70 valence electrons. The van der Waals surface area contributed by atoms with E-state index < -0.39 is 0 Å². The minimum Gasteiger partial charge on any atom is -0.245 e. The molecule has 3 nitrogen and oxygen atoms in total. The fraction of sp³-hybridized carbons (Fsp3) is 0. The summed E-state index contributed by atoms with van der Waals surface area (Å²) in [6.45, 7) is 0. The van der Waals surface area contributed by atoms with Crippen LogP contribution in [0.2, 0.25) is 5.15 Å². The van der Waals surface area contributed by atoms with Gasteiger partial charge in [-0.2, -0.15) is 0 Å². The molecule has 0 aliphatic carbocycles. The van der Waals surface area contributed by atoms with Gasteiger partial charge >= 0.3 is 0 Å². The van der Waals surface area contributed by atoms with Crippen molar-refractivity contribution < 1.29 is 0 Å². The predicted octanol–water partition coefficient (Wildman–Crippen LogP) is 2.68. The van der Waals surface area contributed by atoms with Gasteiger partial charge in [0.15, 0.2) is 0 Å².